The third-order valence-corrected chi connectivity index (χ3v) is 7.45. The molecular weight excluding hydrogens is 422 g/mol. The number of aromatic nitrogens is 2. The predicted octanol–water partition coefficient (Wildman–Crippen LogP) is 3.65. The molecule has 0 N–H and O–H groups in total. The Morgan fingerprint density at radius 3 is 2.44 bits per heavy atom. The fourth-order valence-electron chi connectivity index (χ4n) is 4.10. The zero-order valence-electron chi connectivity index (χ0n) is 18.1. The van der Waals surface area contributed by atoms with Gasteiger partial charge in [-0.1, -0.05) is 60.7 Å². The molecule has 4 rings (SSSR count). The molecule has 1 amide bonds. The second-order valence-corrected chi connectivity index (χ2v) is 10.2. The van der Waals surface area contributed by atoms with Gasteiger partial charge in [0.15, 0.2) is 9.84 Å². The third-order valence-electron chi connectivity index (χ3n) is 5.70. The van der Waals surface area contributed by atoms with Crippen LogP contribution in [0.5, 0.6) is 0 Å². The summed E-state index contributed by atoms with van der Waals surface area (Å²) < 4.78 is 25.6. The number of benzene rings is 2. The average molecular weight is 450 g/mol. The molecule has 1 atom stereocenters. The van der Waals surface area contributed by atoms with E-state index in [0.717, 1.165) is 22.4 Å². The van der Waals surface area contributed by atoms with Gasteiger partial charge in [0.1, 0.15) is 0 Å². The number of carbonyl (C=O) groups excluding carboxylic acids is 1. The lowest BCUT2D eigenvalue weighted by molar-refractivity contribution is -0.127. The maximum atomic E-state index is 12.9. The Balaban J connectivity index is 1.60. The fraction of sp³-hybridized carbons (Fsp3) is 0.280. The molecule has 2 aromatic carbocycles. The third kappa shape index (κ3) is 5.16. The van der Waals surface area contributed by atoms with Crippen LogP contribution in [0.15, 0.2) is 72.9 Å². The fourth-order valence-corrected chi connectivity index (χ4v) is 5.83. The minimum absolute atomic E-state index is 0.0463. The Kier molecular flexibility index (Phi) is 6.55. The number of carbonyl (C=O) groups is 1. The van der Waals surface area contributed by atoms with Crippen molar-refractivity contribution < 1.29 is 13.2 Å². The van der Waals surface area contributed by atoms with E-state index in [4.69, 9.17) is 5.10 Å². The first kappa shape index (κ1) is 22.0. The predicted molar refractivity (Wildman–Crippen MR) is 127 cm³/mol. The summed E-state index contributed by atoms with van der Waals surface area (Å²) in [5, 5.41) is 4.78. The molecule has 0 spiro atoms. The van der Waals surface area contributed by atoms with Gasteiger partial charge in [0.2, 0.25) is 5.91 Å². The quantitative estimate of drug-likeness (QED) is 0.516. The van der Waals surface area contributed by atoms with Gasteiger partial charge in [-0.05, 0) is 25.0 Å². The lowest BCUT2D eigenvalue weighted by Gasteiger charge is -2.25. The maximum Gasteiger partial charge on any atom is 0.246 e. The highest BCUT2D eigenvalue weighted by molar-refractivity contribution is 7.91. The minimum Gasteiger partial charge on any atom is -0.335 e. The summed E-state index contributed by atoms with van der Waals surface area (Å²) in [6, 6.07) is 19.7. The van der Waals surface area contributed by atoms with E-state index >= 15 is 0 Å². The number of hydrogen-bond donors (Lipinski definition) is 0. The van der Waals surface area contributed by atoms with E-state index in [-0.39, 0.29) is 23.5 Å². The van der Waals surface area contributed by atoms with E-state index in [9.17, 15) is 13.2 Å². The first-order valence-electron chi connectivity index (χ1n) is 10.8. The molecule has 1 fully saturated rings. The van der Waals surface area contributed by atoms with Gasteiger partial charge in [-0.25, -0.2) is 8.42 Å². The van der Waals surface area contributed by atoms with E-state index in [1.54, 1.807) is 11.0 Å². The van der Waals surface area contributed by atoms with Crippen molar-refractivity contribution in [1.82, 2.24) is 14.7 Å². The Hall–Kier alpha value is -3.19. The van der Waals surface area contributed by atoms with Crippen LogP contribution in [0, 0.1) is 0 Å². The molecule has 7 heteroatoms. The molecule has 1 aromatic heterocycles. The van der Waals surface area contributed by atoms with E-state index in [1.807, 2.05) is 66.3 Å². The van der Waals surface area contributed by atoms with Gasteiger partial charge >= 0.3 is 0 Å². The normalized spacial score (nSPS) is 17.6. The van der Waals surface area contributed by atoms with E-state index in [2.05, 4.69) is 12.1 Å². The first-order valence-corrected chi connectivity index (χ1v) is 12.6. The standard InChI is InChI=1S/C25H27N3O3S/c1-2-28(23-15-16-32(30,31)19-23)24(29)14-13-22-18-27(17-20-9-5-3-6-10-20)26-25(22)21-11-7-4-8-12-21/h3-14,18,23H,2,15-17,19H2,1H3/b14-13+. The maximum absolute atomic E-state index is 12.9. The van der Waals surface area contributed by atoms with Crippen LogP contribution >= 0.6 is 0 Å². The summed E-state index contributed by atoms with van der Waals surface area (Å²) in [6.45, 7) is 2.98. The summed E-state index contributed by atoms with van der Waals surface area (Å²) in [5.41, 5.74) is 3.76. The molecule has 1 aliphatic rings. The highest BCUT2D eigenvalue weighted by atomic mass is 32.2. The van der Waals surface area contributed by atoms with Gasteiger partial charge in [-0.15, -0.1) is 0 Å². The summed E-state index contributed by atoms with van der Waals surface area (Å²) >= 11 is 0. The lowest BCUT2D eigenvalue weighted by Crippen LogP contribution is -2.40. The second-order valence-electron chi connectivity index (χ2n) is 8.00. The van der Waals surface area contributed by atoms with Gasteiger partial charge in [0.05, 0.1) is 23.7 Å². The van der Waals surface area contributed by atoms with Crippen LogP contribution in [0.4, 0.5) is 0 Å². The van der Waals surface area contributed by atoms with Crippen LogP contribution in [0.1, 0.15) is 24.5 Å². The van der Waals surface area contributed by atoms with Crippen molar-refractivity contribution in [2.45, 2.75) is 25.9 Å². The Bertz CT molecular complexity index is 1200. The van der Waals surface area contributed by atoms with Gasteiger partial charge in [-0.3, -0.25) is 9.48 Å². The number of rotatable bonds is 7. The molecule has 0 saturated carbocycles. The smallest absolute Gasteiger partial charge is 0.246 e. The molecule has 1 aliphatic heterocycles. The average Bonchev–Trinajstić information content (AvgIpc) is 3.36. The second kappa shape index (κ2) is 9.53. The van der Waals surface area contributed by atoms with Crippen LogP contribution in [-0.4, -0.2) is 53.1 Å². The van der Waals surface area contributed by atoms with Crippen molar-refractivity contribution in [3.8, 4) is 11.3 Å². The molecule has 0 aliphatic carbocycles. The van der Waals surface area contributed by atoms with E-state index in [0.29, 0.717) is 19.5 Å². The summed E-state index contributed by atoms with van der Waals surface area (Å²) in [5.74, 6) is 0.0182. The molecule has 2 heterocycles. The highest BCUT2D eigenvalue weighted by Gasteiger charge is 2.33. The first-order chi connectivity index (χ1) is 15.4. The van der Waals surface area contributed by atoms with Crippen molar-refractivity contribution in [2.24, 2.45) is 0 Å². The monoisotopic (exact) mass is 449 g/mol. The Morgan fingerprint density at radius 1 is 1.12 bits per heavy atom. The SMILES string of the molecule is CCN(C(=O)/C=C/c1cn(Cc2ccccc2)nc1-c1ccccc1)C1CCS(=O)(=O)C1. The van der Waals surface area contributed by atoms with Crippen LogP contribution in [0.3, 0.4) is 0 Å². The molecule has 6 nitrogen and oxygen atoms in total. The Morgan fingerprint density at radius 2 is 1.81 bits per heavy atom. The number of likely N-dealkylation sites (N-methyl/N-ethyl adjacent to an activating group) is 1. The molecule has 32 heavy (non-hydrogen) atoms. The van der Waals surface area contributed by atoms with Gasteiger partial charge in [-0.2, -0.15) is 5.10 Å². The van der Waals surface area contributed by atoms with Gasteiger partial charge in [0.25, 0.3) is 0 Å². The zero-order chi connectivity index (χ0) is 22.6. The summed E-state index contributed by atoms with van der Waals surface area (Å²) in [4.78, 5) is 14.6. The van der Waals surface area contributed by atoms with Crippen molar-refractivity contribution in [2.75, 3.05) is 18.1 Å². The molecule has 0 bridgehead atoms. The molecule has 0 radical (unpaired) electrons. The number of nitrogens with zero attached hydrogens (tertiary/aromatic N) is 3. The van der Waals surface area contributed by atoms with Crippen LogP contribution in [0.25, 0.3) is 17.3 Å². The van der Waals surface area contributed by atoms with Gasteiger partial charge in [0, 0.05) is 36.0 Å². The highest BCUT2D eigenvalue weighted by Crippen LogP contribution is 2.24. The molecule has 1 unspecified atom stereocenters. The van der Waals surface area contributed by atoms with Crippen molar-refractivity contribution in [1.29, 1.82) is 0 Å². The topological polar surface area (TPSA) is 72.3 Å². The van der Waals surface area contributed by atoms with Gasteiger partial charge < -0.3 is 4.90 Å². The molecule has 166 valence electrons. The molecule has 1 saturated heterocycles. The molecular formula is C25H27N3O3S. The Labute approximate surface area is 189 Å². The zero-order valence-corrected chi connectivity index (χ0v) is 18.9. The van der Waals surface area contributed by atoms with E-state index < -0.39 is 9.84 Å². The summed E-state index contributed by atoms with van der Waals surface area (Å²) in [7, 11) is -3.05. The number of hydrogen-bond acceptors (Lipinski definition) is 4. The van der Waals surface area contributed by atoms with Crippen molar-refractivity contribution >= 4 is 21.8 Å². The lowest BCUT2D eigenvalue weighted by atomic mass is 10.1. The van der Waals surface area contributed by atoms with Crippen LogP contribution in [0.2, 0.25) is 0 Å². The van der Waals surface area contributed by atoms with E-state index in [1.165, 1.54) is 6.08 Å². The minimum atomic E-state index is -3.05. The van der Waals surface area contributed by atoms with Crippen molar-refractivity contribution in [3.63, 3.8) is 0 Å². The largest absolute Gasteiger partial charge is 0.335 e. The number of sulfone groups is 1. The van der Waals surface area contributed by atoms with Crippen molar-refractivity contribution in [3.05, 3.63) is 84.1 Å². The van der Waals surface area contributed by atoms with Crippen LogP contribution < -0.4 is 0 Å². The number of amides is 1. The summed E-state index contributed by atoms with van der Waals surface area (Å²) in [6.07, 6.45) is 5.76. The molecule has 3 aromatic rings. The van der Waals surface area contributed by atoms with Crippen LogP contribution in [-0.2, 0) is 21.2 Å².